The van der Waals surface area contributed by atoms with E-state index in [1.165, 1.54) is 24.8 Å². The van der Waals surface area contributed by atoms with E-state index < -0.39 is 0 Å². The third-order valence-electron chi connectivity index (χ3n) is 4.37. The molecule has 0 saturated carbocycles. The van der Waals surface area contributed by atoms with Crippen LogP contribution in [0.4, 0.5) is 5.69 Å². The van der Waals surface area contributed by atoms with E-state index in [0.29, 0.717) is 17.8 Å². The van der Waals surface area contributed by atoms with Gasteiger partial charge in [-0.25, -0.2) is 0 Å². The molecule has 2 amide bonds. The zero-order valence-corrected chi connectivity index (χ0v) is 14.2. The lowest BCUT2D eigenvalue weighted by molar-refractivity contribution is -0.118. The van der Waals surface area contributed by atoms with Crippen molar-refractivity contribution in [3.8, 4) is 0 Å². The molecule has 2 aromatic rings. The predicted molar refractivity (Wildman–Crippen MR) is 94.9 cm³/mol. The summed E-state index contributed by atoms with van der Waals surface area (Å²) in [5, 5.41) is 2.72. The summed E-state index contributed by atoms with van der Waals surface area (Å²) < 4.78 is 0. The number of rotatable bonds is 5. The van der Waals surface area contributed by atoms with Gasteiger partial charge in [0.2, 0.25) is 5.91 Å². The van der Waals surface area contributed by atoms with Gasteiger partial charge in [-0.15, -0.1) is 0 Å². The summed E-state index contributed by atoms with van der Waals surface area (Å²) in [6.45, 7) is 2.41. The van der Waals surface area contributed by atoms with Gasteiger partial charge in [0.15, 0.2) is 5.78 Å². The molecule has 6 nitrogen and oxygen atoms in total. The molecule has 6 heteroatoms. The molecule has 0 spiro atoms. The smallest absolute Gasteiger partial charge is 0.267 e. The molecule has 0 saturated heterocycles. The minimum Gasteiger partial charge on any atom is -0.356 e. The van der Waals surface area contributed by atoms with E-state index in [9.17, 15) is 14.4 Å². The number of amides is 2. The predicted octanol–water partition coefficient (Wildman–Crippen LogP) is 2.32. The normalized spacial score (nSPS) is 13.2. The Kier molecular flexibility index (Phi) is 4.97. The van der Waals surface area contributed by atoms with Crippen molar-refractivity contribution < 1.29 is 14.4 Å². The Bertz CT molecular complexity index is 810. The Morgan fingerprint density at radius 2 is 2.04 bits per heavy atom. The molecule has 1 aliphatic heterocycles. The van der Waals surface area contributed by atoms with Crippen LogP contribution in [-0.4, -0.2) is 35.7 Å². The number of ketones is 1. The van der Waals surface area contributed by atoms with Gasteiger partial charge in [0.1, 0.15) is 5.69 Å². The number of nitrogens with zero attached hydrogens (tertiary/aromatic N) is 1. The molecular weight excluding hydrogens is 318 g/mol. The SMILES string of the molecule is CC(=O)c1c[nH]c(C(=O)NCCC(=O)N2CCCc3ccccc32)c1. The van der Waals surface area contributed by atoms with Crippen LogP contribution in [0.25, 0.3) is 0 Å². The summed E-state index contributed by atoms with van der Waals surface area (Å²) in [6, 6.07) is 9.45. The van der Waals surface area contributed by atoms with Crippen molar-refractivity contribution in [2.45, 2.75) is 26.2 Å². The molecule has 130 valence electrons. The molecule has 1 aliphatic rings. The van der Waals surface area contributed by atoms with E-state index in [2.05, 4.69) is 10.3 Å². The van der Waals surface area contributed by atoms with Gasteiger partial charge in [0.05, 0.1) is 0 Å². The lowest BCUT2D eigenvalue weighted by Gasteiger charge is -2.29. The molecule has 0 radical (unpaired) electrons. The van der Waals surface area contributed by atoms with Crippen LogP contribution in [0.3, 0.4) is 0 Å². The molecule has 1 aromatic heterocycles. The number of para-hydroxylation sites is 1. The fourth-order valence-corrected chi connectivity index (χ4v) is 3.03. The maximum atomic E-state index is 12.5. The summed E-state index contributed by atoms with van der Waals surface area (Å²) in [5.41, 5.74) is 2.95. The van der Waals surface area contributed by atoms with Gasteiger partial charge in [-0.3, -0.25) is 14.4 Å². The number of Topliss-reactive ketones (excluding diaryl/α,β-unsaturated/α-hetero) is 1. The first-order valence-electron chi connectivity index (χ1n) is 8.42. The molecule has 0 bridgehead atoms. The number of H-pyrrole nitrogens is 1. The highest BCUT2D eigenvalue weighted by atomic mass is 16.2. The molecule has 1 aromatic carbocycles. The fourth-order valence-electron chi connectivity index (χ4n) is 3.03. The Hall–Kier alpha value is -2.89. The van der Waals surface area contributed by atoms with E-state index >= 15 is 0 Å². The molecule has 0 atom stereocenters. The van der Waals surface area contributed by atoms with Crippen molar-refractivity contribution in [1.82, 2.24) is 10.3 Å². The molecule has 0 aliphatic carbocycles. The quantitative estimate of drug-likeness (QED) is 0.820. The van der Waals surface area contributed by atoms with E-state index in [1.54, 1.807) is 4.90 Å². The number of hydrogen-bond acceptors (Lipinski definition) is 3. The number of fused-ring (bicyclic) bond motifs is 1. The van der Waals surface area contributed by atoms with Crippen molar-refractivity contribution in [2.75, 3.05) is 18.0 Å². The van der Waals surface area contributed by atoms with Crippen LogP contribution in [0.2, 0.25) is 0 Å². The first-order chi connectivity index (χ1) is 12.1. The Balaban J connectivity index is 1.54. The van der Waals surface area contributed by atoms with Crippen LogP contribution < -0.4 is 10.2 Å². The molecule has 0 unspecified atom stereocenters. The highest BCUT2D eigenvalue weighted by Gasteiger charge is 2.21. The average Bonchev–Trinajstić information content (AvgIpc) is 3.11. The van der Waals surface area contributed by atoms with Crippen LogP contribution in [0, 0.1) is 0 Å². The summed E-state index contributed by atoms with van der Waals surface area (Å²) in [5.74, 6) is -0.419. The van der Waals surface area contributed by atoms with Crippen LogP contribution >= 0.6 is 0 Å². The lowest BCUT2D eigenvalue weighted by atomic mass is 10.0. The zero-order valence-electron chi connectivity index (χ0n) is 14.2. The molecule has 2 N–H and O–H groups in total. The number of aromatic amines is 1. The highest BCUT2D eigenvalue weighted by Crippen LogP contribution is 2.26. The number of carbonyl (C=O) groups excluding carboxylic acids is 3. The Morgan fingerprint density at radius 3 is 2.80 bits per heavy atom. The molecule has 0 fully saturated rings. The van der Waals surface area contributed by atoms with Crippen molar-refractivity contribution >= 4 is 23.3 Å². The monoisotopic (exact) mass is 339 g/mol. The lowest BCUT2D eigenvalue weighted by Crippen LogP contribution is -2.37. The number of aromatic nitrogens is 1. The average molecular weight is 339 g/mol. The molecule has 25 heavy (non-hydrogen) atoms. The van der Waals surface area contributed by atoms with Crippen LogP contribution in [0.5, 0.6) is 0 Å². The number of carbonyl (C=O) groups is 3. The molecular formula is C19H21N3O3. The van der Waals surface area contributed by atoms with Gasteiger partial charge in [0.25, 0.3) is 5.91 Å². The topological polar surface area (TPSA) is 82.3 Å². The first-order valence-corrected chi connectivity index (χ1v) is 8.42. The van der Waals surface area contributed by atoms with E-state index in [-0.39, 0.29) is 30.6 Å². The second-order valence-electron chi connectivity index (χ2n) is 6.14. The van der Waals surface area contributed by atoms with E-state index in [1.807, 2.05) is 24.3 Å². The van der Waals surface area contributed by atoms with Crippen molar-refractivity contribution in [3.05, 3.63) is 53.3 Å². The number of anilines is 1. The largest absolute Gasteiger partial charge is 0.356 e. The highest BCUT2D eigenvalue weighted by molar-refractivity contribution is 5.99. The molecule has 3 rings (SSSR count). The minimum absolute atomic E-state index is 0.00311. The fraction of sp³-hybridized carbons (Fsp3) is 0.316. The molecule has 2 heterocycles. The summed E-state index contributed by atoms with van der Waals surface area (Å²) >= 11 is 0. The van der Waals surface area contributed by atoms with Crippen molar-refractivity contribution in [2.24, 2.45) is 0 Å². The summed E-state index contributed by atoms with van der Waals surface area (Å²) in [4.78, 5) is 40.4. The van der Waals surface area contributed by atoms with Crippen LogP contribution in [-0.2, 0) is 11.2 Å². The maximum Gasteiger partial charge on any atom is 0.267 e. The third-order valence-corrected chi connectivity index (χ3v) is 4.37. The van der Waals surface area contributed by atoms with Gasteiger partial charge >= 0.3 is 0 Å². The second kappa shape index (κ2) is 7.34. The summed E-state index contributed by atoms with van der Waals surface area (Å²) in [6.07, 6.45) is 3.68. The number of aryl methyl sites for hydroxylation is 1. The summed E-state index contributed by atoms with van der Waals surface area (Å²) in [7, 11) is 0. The van der Waals surface area contributed by atoms with Gasteiger partial charge in [-0.2, -0.15) is 0 Å². The Labute approximate surface area is 146 Å². The van der Waals surface area contributed by atoms with Gasteiger partial charge in [-0.05, 0) is 37.5 Å². The van der Waals surface area contributed by atoms with Gasteiger partial charge in [-0.1, -0.05) is 18.2 Å². The second-order valence-corrected chi connectivity index (χ2v) is 6.14. The standard InChI is InChI=1S/C19H21N3O3/c1-13(23)15-11-16(21-12-15)19(25)20-9-8-18(24)22-10-4-6-14-5-2-3-7-17(14)22/h2-3,5,7,11-12,21H,4,6,8-10H2,1H3,(H,20,25). The van der Waals surface area contributed by atoms with Crippen molar-refractivity contribution in [3.63, 3.8) is 0 Å². The first kappa shape index (κ1) is 17.0. The minimum atomic E-state index is -0.320. The van der Waals surface area contributed by atoms with Gasteiger partial charge < -0.3 is 15.2 Å². The van der Waals surface area contributed by atoms with Gasteiger partial charge in [0, 0.05) is 37.0 Å². The Morgan fingerprint density at radius 1 is 1.24 bits per heavy atom. The third kappa shape index (κ3) is 3.79. The van der Waals surface area contributed by atoms with Crippen LogP contribution in [0.15, 0.2) is 36.5 Å². The maximum absolute atomic E-state index is 12.5. The van der Waals surface area contributed by atoms with Crippen molar-refractivity contribution in [1.29, 1.82) is 0 Å². The van der Waals surface area contributed by atoms with E-state index in [4.69, 9.17) is 0 Å². The van der Waals surface area contributed by atoms with Crippen LogP contribution in [0.1, 0.15) is 46.2 Å². The number of hydrogen-bond donors (Lipinski definition) is 2. The van der Waals surface area contributed by atoms with E-state index in [0.717, 1.165) is 18.5 Å². The number of nitrogens with one attached hydrogen (secondary N) is 2. The zero-order chi connectivity index (χ0) is 17.8. The number of benzene rings is 1.